The molecule has 3 heterocycles. The van der Waals surface area contributed by atoms with Crippen molar-refractivity contribution in [3.8, 4) is 5.75 Å². The lowest BCUT2D eigenvalue weighted by atomic mass is 10.1. The summed E-state index contributed by atoms with van der Waals surface area (Å²) >= 11 is 5.31. The number of phenolic OH excluding ortho intramolecular Hbond substituents is 1. The monoisotopic (exact) mass is 1490 g/mol. The number of aromatic nitrogens is 1. The van der Waals surface area contributed by atoms with Crippen LogP contribution in [-0.4, -0.2) is 21.3 Å². The predicted octanol–water partition coefficient (Wildman–Crippen LogP) is 28.9. The summed E-state index contributed by atoms with van der Waals surface area (Å²) in [4.78, 5) is 21.7. The van der Waals surface area contributed by atoms with Crippen molar-refractivity contribution >= 4 is 45.8 Å². The number of hydrogen-bond donors (Lipinski definition) is 1. The fourth-order valence-electron chi connectivity index (χ4n) is 8.06. The molecule has 0 radical (unpaired) electrons. The van der Waals surface area contributed by atoms with E-state index < -0.39 is 4.92 Å². The first-order valence-corrected chi connectivity index (χ1v) is 37.6. The molecule has 558 valence electrons. The first kappa shape index (κ1) is 93.9. The van der Waals surface area contributed by atoms with Gasteiger partial charge < -0.3 is 5.11 Å². The molecule has 11 nitrogen and oxygen atoms in total. The Balaban J connectivity index is 0.000000583. The predicted molar refractivity (Wildman–Crippen MR) is 460 cm³/mol. The number of azide groups is 2. The number of thioether (sulfide) groups is 1. The lowest BCUT2D eigenvalue weighted by Crippen LogP contribution is -1.86. The number of aromatic hydroxyl groups is 1. The molecule has 13 rings (SSSR count). The summed E-state index contributed by atoms with van der Waals surface area (Å²) in [5.74, 6) is 0.159. The van der Waals surface area contributed by atoms with Crippen LogP contribution in [0.5, 0.6) is 5.75 Å². The van der Waals surface area contributed by atoms with Gasteiger partial charge in [-0.05, 0) is 240 Å². The quantitative estimate of drug-likeness (QED) is 0.0450. The van der Waals surface area contributed by atoms with Gasteiger partial charge in [-0.15, -0.1) is 23.1 Å². The maximum Gasteiger partial charge on any atom is 0.269 e. The Morgan fingerprint density at radius 3 is 1.12 bits per heavy atom. The van der Waals surface area contributed by atoms with Gasteiger partial charge in [-0.3, -0.25) is 15.1 Å². The number of nitro groups is 1. The van der Waals surface area contributed by atoms with Crippen molar-refractivity contribution in [3.05, 3.63) is 438 Å². The number of non-ortho nitro benzene ring substituents is 1. The average molecular weight is 1490 g/mol. The van der Waals surface area contributed by atoms with E-state index in [1.54, 1.807) is 95.4 Å². The van der Waals surface area contributed by atoms with E-state index in [9.17, 15) is 14.5 Å². The zero-order valence-corrected chi connectivity index (χ0v) is 68.0. The van der Waals surface area contributed by atoms with Crippen molar-refractivity contribution in [1.29, 1.82) is 0 Å². The molecular formula is C92H107FN8O3S3. The fraction of sp³-hybridized carbons (Fsp3) is 0.207. The first-order valence-electron chi connectivity index (χ1n) is 34.6. The zero-order valence-electron chi connectivity index (χ0n) is 65.5. The van der Waals surface area contributed by atoms with Crippen LogP contribution in [0.2, 0.25) is 0 Å². The number of nitro benzene ring substituents is 1. The number of phenols is 1. The van der Waals surface area contributed by atoms with Crippen molar-refractivity contribution in [3.63, 3.8) is 0 Å². The van der Waals surface area contributed by atoms with Crippen LogP contribution in [0.15, 0.2) is 317 Å². The van der Waals surface area contributed by atoms with Gasteiger partial charge in [0.2, 0.25) is 0 Å². The molecule has 0 spiro atoms. The third kappa shape index (κ3) is 52.5. The number of hydrogen-bond acceptors (Lipinski definition) is 9. The largest absolute Gasteiger partial charge is 0.508 e. The Labute approximate surface area is 650 Å². The summed E-state index contributed by atoms with van der Waals surface area (Å²) in [6, 6.07) is 88.0. The van der Waals surface area contributed by atoms with Crippen molar-refractivity contribution in [2.45, 2.75) is 129 Å². The summed E-state index contributed by atoms with van der Waals surface area (Å²) < 4.78 is 12.1. The molecular weight excluding hydrogens is 1380 g/mol. The molecule has 0 fully saturated rings. The van der Waals surface area contributed by atoms with Gasteiger partial charge in [0.15, 0.2) is 0 Å². The Morgan fingerprint density at radius 1 is 0.430 bits per heavy atom. The molecule has 0 aliphatic carbocycles. The molecule has 0 aliphatic rings. The van der Waals surface area contributed by atoms with Gasteiger partial charge in [-0.25, -0.2) is 4.39 Å². The minimum Gasteiger partial charge on any atom is -0.508 e. The number of thiophene rings is 2. The van der Waals surface area contributed by atoms with Crippen LogP contribution < -0.4 is 0 Å². The Morgan fingerprint density at radius 2 is 0.841 bits per heavy atom. The second kappa shape index (κ2) is 58.2. The lowest BCUT2D eigenvalue weighted by molar-refractivity contribution is -0.384. The topological polar surface area (TPSA) is 174 Å². The molecule has 15 heteroatoms. The normalized spacial score (nSPS) is 9.07. The van der Waals surface area contributed by atoms with E-state index in [2.05, 4.69) is 282 Å². The molecule has 0 saturated carbocycles. The number of nitrogens with zero attached hydrogens (tertiary/aromatic N) is 8. The first-order chi connectivity index (χ1) is 51.1. The highest BCUT2D eigenvalue weighted by molar-refractivity contribution is 7.98. The van der Waals surface area contributed by atoms with Gasteiger partial charge in [-0.1, -0.05) is 277 Å². The Bertz CT molecular complexity index is 4050. The van der Waals surface area contributed by atoms with E-state index in [0.29, 0.717) is 11.4 Å². The second-order valence-corrected chi connectivity index (χ2v) is 27.6. The van der Waals surface area contributed by atoms with E-state index >= 15 is 0 Å². The van der Waals surface area contributed by atoms with Crippen LogP contribution in [0.3, 0.4) is 0 Å². The summed E-state index contributed by atoms with van der Waals surface area (Å²) in [6.07, 6.45) is 5.67. The number of aryl methyl sites for hydroxylation is 17. The highest BCUT2D eigenvalue weighted by atomic mass is 32.2. The zero-order chi connectivity index (χ0) is 79.6. The van der Waals surface area contributed by atoms with Gasteiger partial charge in [0.05, 0.1) is 11.5 Å². The SMILES string of the molecule is CSc1ccccc1C.Cc1cc(CN=[N+]=[N-])cc(N=[N+]=[N-])c1.Cc1ccc(C)cc1.Cc1ccc(C)cc1.Cc1ccc(C)cc1.Cc1ccc(F)cc1.Cc1ccc(O)cc1.Cc1ccc([N+](=O)[O-])cc1.Cc1cccc(C)c1.Cc1ccccc1.Cc1cccs1.Cc1ccncc1.Cc1ccsc1. The summed E-state index contributed by atoms with van der Waals surface area (Å²) in [5, 5.41) is 32.1. The van der Waals surface area contributed by atoms with Gasteiger partial charge in [-0.2, -0.15) is 11.3 Å². The summed E-state index contributed by atoms with van der Waals surface area (Å²) in [5.41, 5.74) is 38.1. The van der Waals surface area contributed by atoms with E-state index in [4.69, 9.17) is 16.2 Å². The third-order valence-corrected chi connectivity index (χ3v) is 16.6. The number of pyridine rings is 1. The highest BCUT2D eigenvalue weighted by Crippen LogP contribution is 2.20. The number of rotatable bonds is 5. The Hall–Kier alpha value is -11.2. The van der Waals surface area contributed by atoms with Crippen LogP contribution >= 0.6 is 34.4 Å². The number of benzene rings is 10. The molecule has 0 saturated heterocycles. The van der Waals surface area contributed by atoms with Crippen molar-refractivity contribution in [2.24, 2.45) is 10.2 Å². The van der Waals surface area contributed by atoms with Crippen LogP contribution in [0.4, 0.5) is 15.8 Å². The van der Waals surface area contributed by atoms with Crippen LogP contribution in [-0.2, 0) is 6.54 Å². The number of halogens is 1. The molecule has 3 aromatic heterocycles. The smallest absolute Gasteiger partial charge is 0.269 e. The highest BCUT2D eigenvalue weighted by Gasteiger charge is 2.01. The fourth-order valence-corrected chi connectivity index (χ4v) is 9.85. The minimum atomic E-state index is -0.403. The van der Waals surface area contributed by atoms with E-state index in [1.807, 2.05) is 83.1 Å². The Kier molecular flexibility index (Phi) is 51.0. The molecule has 0 amide bonds. The molecule has 0 atom stereocenters. The van der Waals surface area contributed by atoms with Gasteiger partial charge in [0.25, 0.3) is 5.69 Å². The molecule has 10 aromatic carbocycles. The molecule has 107 heavy (non-hydrogen) atoms. The standard InChI is InChI=1S/C8H8N6.C8H10S.4C8H10.C7H7F.C7H7NO2.C7H8O.C7H8.C6H7N.2C5H6S/c1-6-2-7(5-11-13-9)4-8(3-6)12-14-10;1-7-5-3-4-6-8(7)9-2;3*1-7-3-5-8(2)6-4-7;1-7-4-3-5-8(2)6-7;1-6-2-4-7(8)5-3-6;1-6-2-4-7(5-3-6)8(9)10;1-6-2-4-7(8)5-3-6;1-7-5-3-2-4-6-7;1-6-2-4-7-5-3-6;1-5-2-3-6-4-5;1-5-3-2-4-6-5/h2-4H,5H2,1H3;3-6H,1-2H3;4*3-6H,1-2H3;2-5H,1H3;2-5H,1H3;2-5,8H,1H3;2-6H,1H3;2-5H,1H3;2*2-4H,1H3. The van der Waals surface area contributed by atoms with E-state index in [0.717, 1.165) is 22.3 Å². The van der Waals surface area contributed by atoms with Crippen molar-refractivity contribution in [1.82, 2.24) is 4.98 Å². The maximum absolute atomic E-state index is 12.1. The van der Waals surface area contributed by atoms with E-state index in [1.165, 1.54) is 106 Å². The van der Waals surface area contributed by atoms with Gasteiger partial charge >= 0.3 is 0 Å². The molecule has 0 aliphatic heterocycles. The van der Waals surface area contributed by atoms with Gasteiger partial charge in [0, 0.05) is 49.8 Å². The molecule has 0 bridgehead atoms. The van der Waals surface area contributed by atoms with Gasteiger partial charge in [0.1, 0.15) is 11.6 Å². The molecule has 0 unspecified atom stereocenters. The lowest BCUT2D eigenvalue weighted by Gasteiger charge is -2.00. The maximum atomic E-state index is 12.1. The van der Waals surface area contributed by atoms with Crippen LogP contribution in [0.1, 0.15) is 99.5 Å². The minimum absolute atomic E-state index is 0.144. The average Bonchev–Trinajstić information content (AvgIpc) is 1.44. The van der Waals surface area contributed by atoms with Crippen molar-refractivity contribution < 1.29 is 14.4 Å². The summed E-state index contributed by atoms with van der Waals surface area (Å²) in [7, 11) is 0. The second-order valence-electron chi connectivity index (χ2n) is 24.8. The molecule has 13 aromatic rings. The summed E-state index contributed by atoms with van der Waals surface area (Å²) in [6.45, 7) is 35.2. The third-order valence-electron chi connectivity index (χ3n) is 14.1. The molecule has 1 N–H and O–H groups in total. The van der Waals surface area contributed by atoms with E-state index in [-0.39, 0.29) is 18.0 Å². The van der Waals surface area contributed by atoms with Crippen LogP contribution in [0, 0.1) is 134 Å². The van der Waals surface area contributed by atoms with Crippen LogP contribution in [0.25, 0.3) is 20.9 Å². The van der Waals surface area contributed by atoms with Crippen molar-refractivity contribution in [2.75, 3.05) is 6.26 Å².